The molecule has 1 aromatic heterocycles. The molecule has 0 saturated heterocycles. The van der Waals surface area contributed by atoms with E-state index >= 15 is 0 Å². The first kappa shape index (κ1) is 28.2. The van der Waals surface area contributed by atoms with Crippen LogP contribution >= 0.6 is 11.3 Å². The second-order valence-electron chi connectivity index (χ2n) is 9.52. The molecule has 2 heterocycles. The molecule has 1 aliphatic heterocycles. The number of esters is 1. The zero-order valence-electron chi connectivity index (χ0n) is 23.1. The van der Waals surface area contributed by atoms with Crippen molar-refractivity contribution in [2.24, 2.45) is 10.9 Å². The average Bonchev–Trinajstić information content (AvgIpc) is 3.22. The Morgan fingerprint density at radius 2 is 1.85 bits per heavy atom. The fourth-order valence-corrected chi connectivity index (χ4v) is 5.39. The summed E-state index contributed by atoms with van der Waals surface area (Å²) in [5, 5.41) is 0. The summed E-state index contributed by atoms with van der Waals surface area (Å²) in [5.74, 6) is 1.97. The Morgan fingerprint density at radius 1 is 1.10 bits per heavy atom. The smallest absolute Gasteiger partial charge is 0.338 e. The fraction of sp³-hybridized carbons (Fsp3) is 0.367. The lowest BCUT2D eigenvalue weighted by molar-refractivity contribution is -0.139. The lowest BCUT2D eigenvalue weighted by Gasteiger charge is -2.24. The van der Waals surface area contributed by atoms with Crippen LogP contribution in [0.2, 0.25) is 0 Å². The van der Waals surface area contributed by atoms with Gasteiger partial charge in [-0.05, 0) is 67.7 Å². The van der Waals surface area contributed by atoms with E-state index in [0.717, 1.165) is 17.5 Å². The maximum absolute atomic E-state index is 13.8. The number of hydrogen-bond donors (Lipinski definition) is 0. The van der Waals surface area contributed by atoms with Gasteiger partial charge in [-0.25, -0.2) is 9.79 Å². The van der Waals surface area contributed by atoms with Crippen LogP contribution in [0, 0.1) is 5.92 Å². The van der Waals surface area contributed by atoms with Gasteiger partial charge in [-0.3, -0.25) is 9.36 Å². The third kappa shape index (κ3) is 6.09. The van der Waals surface area contributed by atoms with Crippen molar-refractivity contribution in [2.75, 3.05) is 27.4 Å². The van der Waals surface area contributed by atoms with Gasteiger partial charge in [0.05, 0.1) is 49.3 Å². The van der Waals surface area contributed by atoms with Crippen molar-refractivity contribution in [3.8, 4) is 17.2 Å². The molecule has 39 heavy (non-hydrogen) atoms. The number of nitrogens with zero attached hydrogens (tertiary/aromatic N) is 2. The highest BCUT2D eigenvalue weighted by Gasteiger charge is 2.33. The Balaban J connectivity index is 1.80. The van der Waals surface area contributed by atoms with Gasteiger partial charge in [0.2, 0.25) is 0 Å². The summed E-state index contributed by atoms with van der Waals surface area (Å²) in [6.45, 7) is 8.63. The Hall–Kier alpha value is -3.85. The van der Waals surface area contributed by atoms with E-state index in [4.69, 9.17) is 18.9 Å². The highest BCUT2D eigenvalue weighted by atomic mass is 32.1. The quantitative estimate of drug-likeness (QED) is 0.351. The first-order chi connectivity index (χ1) is 18.8. The molecular weight excluding hydrogens is 516 g/mol. The van der Waals surface area contributed by atoms with E-state index in [1.165, 1.54) is 11.3 Å². The van der Waals surface area contributed by atoms with Crippen molar-refractivity contribution < 1.29 is 23.7 Å². The van der Waals surface area contributed by atoms with Crippen LogP contribution in [-0.4, -0.2) is 38.0 Å². The molecule has 1 atom stereocenters. The van der Waals surface area contributed by atoms with Crippen molar-refractivity contribution in [1.82, 2.24) is 4.57 Å². The van der Waals surface area contributed by atoms with Crippen LogP contribution in [0.15, 0.2) is 63.5 Å². The largest absolute Gasteiger partial charge is 0.497 e. The number of rotatable bonds is 10. The van der Waals surface area contributed by atoms with Gasteiger partial charge in [0.25, 0.3) is 5.56 Å². The van der Waals surface area contributed by atoms with Gasteiger partial charge in [-0.1, -0.05) is 43.4 Å². The monoisotopic (exact) mass is 550 g/mol. The second-order valence-corrected chi connectivity index (χ2v) is 10.5. The minimum atomic E-state index is -0.681. The third-order valence-electron chi connectivity index (χ3n) is 6.39. The van der Waals surface area contributed by atoms with Crippen molar-refractivity contribution in [3.63, 3.8) is 0 Å². The lowest BCUT2D eigenvalue weighted by atomic mass is 9.96. The molecule has 0 aliphatic carbocycles. The zero-order valence-corrected chi connectivity index (χ0v) is 24.0. The molecule has 0 bridgehead atoms. The van der Waals surface area contributed by atoms with Crippen molar-refractivity contribution in [1.29, 1.82) is 0 Å². The summed E-state index contributed by atoms with van der Waals surface area (Å²) >= 11 is 1.27. The minimum absolute atomic E-state index is 0.217. The normalized spacial score (nSPS) is 15.2. The lowest BCUT2D eigenvalue weighted by Crippen LogP contribution is -2.39. The standard InChI is InChI=1S/C30H34N2O6S/c1-7-37-29(34)26-19(4)31-30-32(27(26)21-9-11-22(35-5)12-10-21)28(33)25(39-30)17-20-8-13-23(24(16-20)36-6)38-15-14-18(2)3/h8-13,16-18,27H,7,14-15H2,1-6H3/b25-17+. The fourth-order valence-electron chi connectivity index (χ4n) is 4.34. The van der Waals surface area contributed by atoms with E-state index in [-0.39, 0.29) is 12.2 Å². The molecule has 1 aliphatic rings. The summed E-state index contributed by atoms with van der Waals surface area (Å²) in [6.07, 6.45) is 2.74. The van der Waals surface area contributed by atoms with Crippen molar-refractivity contribution >= 4 is 23.4 Å². The van der Waals surface area contributed by atoms with Gasteiger partial charge in [0, 0.05) is 0 Å². The summed E-state index contributed by atoms with van der Waals surface area (Å²) in [4.78, 5) is 32.0. The molecule has 0 spiro atoms. The third-order valence-corrected chi connectivity index (χ3v) is 7.37. The maximum atomic E-state index is 13.8. The number of carbonyl (C=O) groups is 1. The Bertz CT molecular complexity index is 1550. The number of allylic oxidation sites excluding steroid dienone is 1. The number of methoxy groups -OCH3 is 2. The van der Waals surface area contributed by atoms with Crippen LogP contribution in [0.3, 0.4) is 0 Å². The first-order valence-corrected chi connectivity index (χ1v) is 13.7. The van der Waals surface area contributed by atoms with E-state index < -0.39 is 12.0 Å². The topological polar surface area (TPSA) is 88.4 Å². The highest BCUT2D eigenvalue weighted by Crippen LogP contribution is 2.32. The van der Waals surface area contributed by atoms with Crippen LogP contribution in [0.5, 0.6) is 17.2 Å². The predicted octanol–water partition coefficient (Wildman–Crippen LogP) is 4.24. The van der Waals surface area contributed by atoms with Gasteiger partial charge in [-0.15, -0.1) is 0 Å². The first-order valence-electron chi connectivity index (χ1n) is 12.9. The summed E-state index contributed by atoms with van der Waals surface area (Å²) in [5.41, 5.74) is 2.16. The number of thiazole rings is 1. The molecule has 9 heteroatoms. The molecule has 206 valence electrons. The molecule has 2 aromatic carbocycles. The summed E-state index contributed by atoms with van der Waals surface area (Å²) in [6, 6.07) is 12.2. The number of hydrogen-bond acceptors (Lipinski definition) is 8. The molecular formula is C30H34N2O6S. The van der Waals surface area contributed by atoms with Crippen LogP contribution in [-0.2, 0) is 9.53 Å². The van der Waals surface area contributed by atoms with Gasteiger partial charge < -0.3 is 18.9 Å². The number of fused-ring (bicyclic) bond motifs is 1. The molecule has 0 amide bonds. The van der Waals surface area contributed by atoms with Crippen LogP contribution in [0.4, 0.5) is 0 Å². The van der Waals surface area contributed by atoms with Crippen LogP contribution in [0.25, 0.3) is 6.08 Å². The van der Waals surface area contributed by atoms with Gasteiger partial charge >= 0.3 is 5.97 Å². The Kier molecular flexibility index (Phi) is 8.91. The SMILES string of the molecule is CCOC(=O)C1=C(C)N=c2s/c(=C/c3ccc(OCCC(C)C)c(OC)c3)c(=O)n2C1c1ccc(OC)cc1. The molecule has 3 aromatic rings. The van der Waals surface area contributed by atoms with E-state index in [1.54, 1.807) is 50.8 Å². The zero-order chi connectivity index (χ0) is 28.1. The molecule has 0 saturated carbocycles. The van der Waals surface area contributed by atoms with Crippen LogP contribution < -0.4 is 29.1 Å². The maximum Gasteiger partial charge on any atom is 0.338 e. The number of aromatic nitrogens is 1. The second kappa shape index (κ2) is 12.3. The number of carbonyl (C=O) groups excluding carboxylic acids is 1. The van der Waals surface area contributed by atoms with Gasteiger partial charge in [-0.2, -0.15) is 0 Å². The van der Waals surface area contributed by atoms with E-state index in [0.29, 0.717) is 50.4 Å². The van der Waals surface area contributed by atoms with E-state index in [1.807, 2.05) is 30.3 Å². The highest BCUT2D eigenvalue weighted by molar-refractivity contribution is 7.07. The van der Waals surface area contributed by atoms with Crippen molar-refractivity contribution in [3.05, 3.63) is 84.5 Å². The van der Waals surface area contributed by atoms with Gasteiger partial charge in [0.1, 0.15) is 5.75 Å². The Morgan fingerprint density at radius 3 is 2.49 bits per heavy atom. The predicted molar refractivity (Wildman–Crippen MR) is 151 cm³/mol. The molecule has 4 rings (SSSR count). The number of ether oxygens (including phenoxy) is 4. The number of benzene rings is 2. The van der Waals surface area contributed by atoms with Gasteiger partial charge in [0.15, 0.2) is 16.3 Å². The Labute approximate surface area is 231 Å². The average molecular weight is 551 g/mol. The molecule has 0 N–H and O–H groups in total. The van der Waals surface area contributed by atoms with E-state index in [9.17, 15) is 9.59 Å². The van der Waals surface area contributed by atoms with Crippen molar-refractivity contribution in [2.45, 2.75) is 40.2 Å². The van der Waals surface area contributed by atoms with E-state index in [2.05, 4.69) is 18.8 Å². The molecule has 8 nitrogen and oxygen atoms in total. The minimum Gasteiger partial charge on any atom is -0.497 e. The summed E-state index contributed by atoms with van der Waals surface area (Å²) in [7, 11) is 3.18. The summed E-state index contributed by atoms with van der Waals surface area (Å²) < 4.78 is 24.2. The molecule has 0 radical (unpaired) electrons. The van der Waals surface area contributed by atoms with Crippen LogP contribution in [0.1, 0.15) is 51.3 Å². The molecule has 0 fully saturated rings. The molecule has 1 unspecified atom stereocenters.